The van der Waals surface area contributed by atoms with E-state index in [1.165, 1.54) is 11.8 Å². The Morgan fingerprint density at radius 2 is 2.36 bits per heavy atom. The number of aliphatic carboxylic acids is 1. The first kappa shape index (κ1) is 10.6. The molecule has 72 valence electrons. The Labute approximate surface area is 86.4 Å². The van der Waals surface area contributed by atoms with Gasteiger partial charge in [0.25, 0.3) is 0 Å². The van der Waals surface area contributed by atoms with E-state index in [4.69, 9.17) is 10.4 Å². The fourth-order valence-corrected chi connectivity index (χ4v) is 1.71. The van der Waals surface area contributed by atoms with E-state index < -0.39 is 5.97 Å². The minimum Gasteiger partial charge on any atom is -0.481 e. The zero-order valence-electron chi connectivity index (χ0n) is 7.65. The normalized spacial score (nSPS) is 9.43. The highest BCUT2D eigenvalue weighted by atomic mass is 32.2. The maximum Gasteiger partial charge on any atom is 0.313 e. The molecule has 0 atom stereocenters. The van der Waals surface area contributed by atoms with E-state index >= 15 is 0 Å². The van der Waals surface area contributed by atoms with Gasteiger partial charge < -0.3 is 5.11 Å². The first-order valence-electron chi connectivity index (χ1n) is 3.99. The van der Waals surface area contributed by atoms with Crippen LogP contribution in [0.1, 0.15) is 11.1 Å². The molecule has 3 nitrogen and oxygen atoms in total. The standard InChI is InChI=1S/C10H9NO2S/c1-7-4-9(14-6-10(12)13)3-2-8(7)5-11/h2-4H,6H2,1H3,(H,12,13). The predicted molar refractivity (Wildman–Crippen MR) is 54.3 cm³/mol. The van der Waals surface area contributed by atoms with Gasteiger partial charge in [0.15, 0.2) is 0 Å². The summed E-state index contributed by atoms with van der Waals surface area (Å²) in [6.45, 7) is 1.84. The predicted octanol–water partition coefficient (Wildman–Crippen LogP) is 2.04. The molecule has 0 saturated carbocycles. The highest BCUT2D eigenvalue weighted by Crippen LogP contribution is 2.20. The number of carbonyl (C=O) groups is 1. The van der Waals surface area contributed by atoms with Gasteiger partial charge in [-0.1, -0.05) is 0 Å². The monoisotopic (exact) mass is 207 g/mol. The number of nitrogens with zero attached hydrogens (tertiary/aromatic N) is 1. The second-order valence-corrected chi connectivity index (χ2v) is 3.82. The second kappa shape index (κ2) is 4.68. The molecule has 1 aromatic carbocycles. The van der Waals surface area contributed by atoms with E-state index in [1.54, 1.807) is 12.1 Å². The van der Waals surface area contributed by atoms with Crippen LogP contribution in [0.5, 0.6) is 0 Å². The summed E-state index contributed by atoms with van der Waals surface area (Å²) in [6, 6.07) is 7.36. The zero-order valence-corrected chi connectivity index (χ0v) is 8.47. The molecule has 0 aromatic heterocycles. The van der Waals surface area contributed by atoms with E-state index in [0.29, 0.717) is 5.56 Å². The molecule has 0 heterocycles. The average molecular weight is 207 g/mol. The molecule has 14 heavy (non-hydrogen) atoms. The Morgan fingerprint density at radius 3 is 2.86 bits per heavy atom. The highest BCUT2D eigenvalue weighted by molar-refractivity contribution is 8.00. The van der Waals surface area contributed by atoms with Gasteiger partial charge in [-0.05, 0) is 30.7 Å². The number of carboxylic acid groups (broad SMARTS) is 1. The third-order valence-corrected chi connectivity index (χ3v) is 2.66. The SMILES string of the molecule is Cc1cc(SCC(=O)O)ccc1C#N. The fourth-order valence-electron chi connectivity index (χ4n) is 0.996. The van der Waals surface area contributed by atoms with E-state index in [1.807, 2.05) is 13.0 Å². The summed E-state index contributed by atoms with van der Waals surface area (Å²) < 4.78 is 0. The van der Waals surface area contributed by atoms with Crippen molar-refractivity contribution >= 4 is 17.7 Å². The number of hydrogen-bond donors (Lipinski definition) is 1. The summed E-state index contributed by atoms with van der Waals surface area (Å²) in [4.78, 5) is 11.2. The van der Waals surface area contributed by atoms with E-state index in [-0.39, 0.29) is 5.75 Å². The molecule has 0 amide bonds. The lowest BCUT2D eigenvalue weighted by Gasteiger charge is -2.01. The minimum atomic E-state index is -0.836. The van der Waals surface area contributed by atoms with Crippen molar-refractivity contribution in [3.05, 3.63) is 29.3 Å². The number of aryl methyl sites for hydroxylation is 1. The largest absolute Gasteiger partial charge is 0.481 e. The van der Waals surface area contributed by atoms with Crippen molar-refractivity contribution in [1.82, 2.24) is 0 Å². The molecule has 0 aliphatic rings. The van der Waals surface area contributed by atoms with Crippen molar-refractivity contribution in [2.45, 2.75) is 11.8 Å². The van der Waals surface area contributed by atoms with Crippen LogP contribution in [0.4, 0.5) is 0 Å². The molecule has 0 unspecified atom stereocenters. The molecule has 1 N–H and O–H groups in total. The molecule has 4 heteroatoms. The van der Waals surface area contributed by atoms with Crippen LogP contribution in [-0.2, 0) is 4.79 Å². The van der Waals surface area contributed by atoms with Gasteiger partial charge in [-0.15, -0.1) is 11.8 Å². The highest BCUT2D eigenvalue weighted by Gasteiger charge is 2.02. The molecule has 0 aliphatic carbocycles. The molecular formula is C10H9NO2S. The molecule has 0 bridgehead atoms. The first-order chi connectivity index (χ1) is 6.63. The maximum absolute atomic E-state index is 10.3. The lowest BCUT2D eigenvalue weighted by atomic mass is 10.1. The topological polar surface area (TPSA) is 61.1 Å². The molecule has 0 radical (unpaired) electrons. The number of thioether (sulfide) groups is 1. The Hall–Kier alpha value is -1.47. The molecule has 0 fully saturated rings. The van der Waals surface area contributed by atoms with Gasteiger partial charge >= 0.3 is 5.97 Å². The molecule has 1 rings (SSSR count). The van der Waals surface area contributed by atoms with Crippen LogP contribution < -0.4 is 0 Å². The lowest BCUT2D eigenvalue weighted by molar-refractivity contribution is -0.133. The molecule has 0 spiro atoms. The summed E-state index contributed by atoms with van der Waals surface area (Å²) in [5, 5.41) is 17.1. The van der Waals surface area contributed by atoms with Crippen LogP contribution in [0.15, 0.2) is 23.1 Å². The van der Waals surface area contributed by atoms with Gasteiger partial charge in [0.05, 0.1) is 17.4 Å². The van der Waals surface area contributed by atoms with Crippen molar-refractivity contribution in [3.8, 4) is 6.07 Å². The summed E-state index contributed by atoms with van der Waals surface area (Å²) in [5.74, 6) is -0.789. The van der Waals surface area contributed by atoms with Crippen LogP contribution in [0.25, 0.3) is 0 Å². The Balaban J connectivity index is 2.77. The van der Waals surface area contributed by atoms with E-state index in [0.717, 1.165) is 10.5 Å². The average Bonchev–Trinajstić information content (AvgIpc) is 2.15. The van der Waals surface area contributed by atoms with Crippen LogP contribution in [0.3, 0.4) is 0 Å². The lowest BCUT2D eigenvalue weighted by Crippen LogP contribution is -1.97. The Morgan fingerprint density at radius 1 is 1.64 bits per heavy atom. The van der Waals surface area contributed by atoms with Crippen molar-refractivity contribution in [3.63, 3.8) is 0 Å². The number of benzene rings is 1. The fraction of sp³-hybridized carbons (Fsp3) is 0.200. The Bertz CT molecular complexity index is 396. The molecular weight excluding hydrogens is 198 g/mol. The van der Waals surface area contributed by atoms with Gasteiger partial charge in [-0.25, -0.2) is 0 Å². The van der Waals surface area contributed by atoms with Gasteiger partial charge in [-0.3, -0.25) is 4.79 Å². The first-order valence-corrected chi connectivity index (χ1v) is 4.97. The third-order valence-electron chi connectivity index (χ3n) is 1.68. The van der Waals surface area contributed by atoms with Gasteiger partial charge in [0, 0.05) is 4.90 Å². The number of rotatable bonds is 3. The van der Waals surface area contributed by atoms with Crippen molar-refractivity contribution in [2.75, 3.05) is 5.75 Å². The van der Waals surface area contributed by atoms with Crippen molar-refractivity contribution < 1.29 is 9.90 Å². The number of hydrogen-bond acceptors (Lipinski definition) is 3. The summed E-state index contributed by atoms with van der Waals surface area (Å²) >= 11 is 1.25. The smallest absolute Gasteiger partial charge is 0.313 e. The minimum absolute atomic E-state index is 0.0470. The third kappa shape index (κ3) is 2.79. The number of carboxylic acids is 1. The van der Waals surface area contributed by atoms with Crippen molar-refractivity contribution in [1.29, 1.82) is 5.26 Å². The van der Waals surface area contributed by atoms with Gasteiger partial charge in [-0.2, -0.15) is 5.26 Å². The second-order valence-electron chi connectivity index (χ2n) is 2.77. The van der Waals surface area contributed by atoms with Crippen LogP contribution in [-0.4, -0.2) is 16.8 Å². The van der Waals surface area contributed by atoms with E-state index in [2.05, 4.69) is 6.07 Å². The number of nitriles is 1. The zero-order chi connectivity index (χ0) is 10.6. The quantitative estimate of drug-likeness (QED) is 0.770. The molecule has 1 aromatic rings. The molecule has 0 aliphatic heterocycles. The van der Waals surface area contributed by atoms with Crippen LogP contribution in [0, 0.1) is 18.3 Å². The van der Waals surface area contributed by atoms with Gasteiger partial charge in [0.2, 0.25) is 0 Å². The van der Waals surface area contributed by atoms with Crippen molar-refractivity contribution in [2.24, 2.45) is 0 Å². The Kier molecular flexibility index (Phi) is 3.55. The maximum atomic E-state index is 10.3. The summed E-state index contributed by atoms with van der Waals surface area (Å²) in [7, 11) is 0. The summed E-state index contributed by atoms with van der Waals surface area (Å²) in [5.41, 5.74) is 1.51. The van der Waals surface area contributed by atoms with Crippen LogP contribution in [0.2, 0.25) is 0 Å². The van der Waals surface area contributed by atoms with Gasteiger partial charge in [0.1, 0.15) is 0 Å². The van der Waals surface area contributed by atoms with E-state index in [9.17, 15) is 4.79 Å². The summed E-state index contributed by atoms with van der Waals surface area (Å²) in [6.07, 6.45) is 0. The van der Waals surface area contributed by atoms with Crippen LogP contribution >= 0.6 is 11.8 Å². The molecule has 0 saturated heterocycles.